The first-order valence-electron chi connectivity index (χ1n) is 9.50. The molecule has 0 saturated carbocycles. The van der Waals surface area contributed by atoms with Gasteiger partial charge in [-0.2, -0.15) is 0 Å². The number of methoxy groups -OCH3 is 1. The van der Waals surface area contributed by atoms with Crippen LogP contribution in [0, 0.1) is 11.8 Å². The Balaban J connectivity index is 2.79. The lowest BCUT2D eigenvalue weighted by atomic mass is 9.78. The van der Waals surface area contributed by atoms with Gasteiger partial charge in [0.1, 0.15) is 24.0 Å². The second-order valence-corrected chi connectivity index (χ2v) is 9.09. The molecule has 0 aliphatic carbocycles. The van der Waals surface area contributed by atoms with E-state index in [0.29, 0.717) is 0 Å². The van der Waals surface area contributed by atoms with Crippen LogP contribution in [0.1, 0.15) is 19.1 Å². The molecular weight excluding hydrogens is 519 g/mol. The zero-order valence-corrected chi connectivity index (χ0v) is 19.5. The van der Waals surface area contributed by atoms with Gasteiger partial charge in [-0.05, 0) is 4.57 Å². The summed E-state index contributed by atoms with van der Waals surface area (Å²) in [6.07, 6.45) is -6.13. The molecule has 18 heteroatoms. The van der Waals surface area contributed by atoms with Crippen LogP contribution in [-0.2, 0) is 37.7 Å². The van der Waals surface area contributed by atoms with Gasteiger partial charge < -0.3 is 29.9 Å². The Bertz CT molecular complexity index is 1090. The van der Waals surface area contributed by atoms with Crippen molar-refractivity contribution in [2.45, 2.75) is 36.9 Å². The number of rotatable bonds is 12. The van der Waals surface area contributed by atoms with Crippen molar-refractivity contribution in [1.82, 2.24) is 9.55 Å². The molecule has 0 aromatic carbocycles. The standard InChI is InChI=1S/C17H19N2O14PS/c1-31-9-10(33-34(30)35)17(4-6(12(21)22)13(23)24,5-7(14(25)26)15(27)28)32-11(9)19-3-2-8(20)18-16(19)29/h2-3,6-7,9-11H,4-5H2,1H3,(H5-,18,20,21,22,23,24,25,26,27,28,29,30,35)/p+1/t9?,10?,11-/m1/s1. The average Bonchev–Trinajstić information content (AvgIpc) is 3.01. The van der Waals surface area contributed by atoms with Crippen molar-refractivity contribution in [2.75, 3.05) is 7.11 Å². The van der Waals surface area contributed by atoms with E-state index in [1.54, 1.807) is 0 Å². The smallest absolute Gasteiger partial charge is 0.481 e. The largest absolute Gasteiger partial charge is 0.582 e. The number of aliphatic carboxylic acids is 4. The van der Waals surface area contributed by atoms with Crippen molar-refractivity contribution in [3.05, 3.63) is 33.1 Å². The van der Waals surface area contributed by atoms with Crippen LogP contribution in [0.4, 0.5) is 0 Å². The minimum atomic E-state index is -2.86. The molecule has 2 rings (SSSR count). The lowest BCUT2D eigenvalue weighted by Gasteiger charge is -2.34. The van der Waals surface area contributed by atoms with E-state index in [-0.39, 0.29) is 0 Å². The molecule has 0 amide bonds. The topological polar surface area (TPSA) is 249 Å². The molecule has 3 unspecified atom stereocenters. The van der Waals surface area contributed by atoms with E-state index < -0.39 is 91.1 Å². The van der Waals surface area contributed by atoms with E-state index >= 15 is 0 Å². The van der Waals surface area contributed by atoms with Gasteiger partial charge in [-0.25, -0.2) is 4.79 Å². The molecule has 1 aliphatic heterocycles. The van der Waals surface area contributed by atoms with Crippen molar-refractivity contribution in [1.29, 1.82) is 0 Å². The van der Waals surface area contributed by atoms with Gasteiger partial charge in [-0.15, -0.1) is 4.52 Å². The van der Waals surface area contributed by atoms with Crippen LogP contribution in [0.25, 0.3) is 0 Å². The number of hydrogen-bond acceptors (Lipinski definition) is 10. The molecule has 192 valence electrons. The highest BCUT2D eigenvalue weighted by Gasteiger charge is 2.63. The monoisotopic (exact) mass is 539 g/mol. The molecule has 35 heavy (non-hydrogen) atoms. The van der Waals surface area contributed by atoms with E-state index in [4.69, 9.17) is 14.0 Å². The summed E-state index contributed by atoms with van der Waals surface area (Å²) in [5.41, 5.74) is -4.27. The molecule has 4 atom stereocenters. The number of hydrogen-bond donors (Lipinski definition) is 6. The summed E-state index contributed by atoms with van der Waals surface area (Å²) in [5, 5.41) is 37.6. The van der Waals surface area contributed by atoms with Crippen LogP contribution < -0.4 is 11.2 Å². The number of nitrogens with zero attached hydrogens (tertiary/aromatic N) is 1. The van der Waals surface area contributed by atoms with Gasteiger partial charge in [0.05, 0.1) is 0 Å². The maximum absolute atomic E-state index is 12.4. The third kappa shape index (κ3) is 6.12. The number of nitrogens with one attached hydrogen (secondary N) is 1. The molecule has 1 aromatic heterocycles. The molecule has 1 aromatic rings. The normalized spacial score (nSPS) is 21.7. The number of carboxylic acid groups (broad SMARTS) is 4. The molecule has 0 radical (unpaired) electrons. The summed E-state index contributed by atoms with van der Waals surface area (Å²) < 4.78 is 29.0. The predicted octanol–water partition coefficient (Wildman–Crippen LogP) is -0.857. The van der Waals surface area contributed by atoms with Gasteiger partial charge in [-0.1, -0.05) is 0 Å². The van der Waals surface area contributed by atoms with Crippen LogP contribution in [0.3, 0.4) is 0 Å². The quantitative estimate of drug-likeness (QED) is 0.107. The minimum Gasteiger partial charge on any atom is -0.481 e. The Labute approximate surface area is 200 Å². The first-order chi connectivity index (χ1) is 16.2. The fourth-order valence-corrected chi connectivity index (χ4v) is 4.63. The highest BCUT2D eigenvalue weighted by Crippen LogP contribution is 2.50. The Morgan fingerprint density at radius 3 is 1.97 bits per heavy atom. The van der Waals surface area contributed by atoms with Gasteiger partial charge >= 0.3 is 36.8 Å². The number of aromatic amines is 1. The van der Waals surface area contributed by atoms with E-state index in [2.05, 4.69) is 12.2 Å². The summed E-state index contributed by atoms with van der Waals surface area (Å²) in [6, 6.07) is 0.904. The fourth-order valence-electron chi connectivity index (χ4n) is 3.82. The lowest BCUT2D eigenvalue weighted by Crippen LogP contribution is -2.50. The zero-order valence-electron chi connectivity index (χ0n) is 17.7. The maximum Gasteiger partial charge on any atom is 0.582 e. The van der Waals surface area contributed by atoms with Crippen LogP contribution in [0.5, 0.6) is 0 Å². The average molecular weight is 539 g/mol. The van der Waals surface area contributed by atoms with E-state index in [1.807, 2.05) is 4.98 Å². The van der Waals surface area contributed by atoms with E-state index in [0.717, 1.165) is 23.9 Å². The van der Waals surface area contributed by atoms with Gasteiger partial charge in [0.15, 0.2) is 24.2 Å². The molecule has 2 heterocycles. The molecule has 1 fully saturated rings. The Morgan fingerprint density at radius 1 is 1.11 bits per heavy atom. The maximum atomic E-state index is 12.4. The van der Waals surface area contributed by atoms with Crippen LogP contribution >= 0.6 is 19.5 Å². The first-order valence-corrected chi connectivity index (χ1v) is 11.8. The third-order valence-corrected chi connectivity index (χ3v) is 6.04. The molecular formula is C17H20N2O14PS+. The number of ether oxygens (including phenoxy) is 2. The molecule has 16 nitrogen and oxygen atoms in total. The Hall–Kier alpha value is -3.11. The number of carboxylic acids is 4. The van der Waals surface area contributed by atoms with Gasteiger partial charge in [0.2, 0.25) is 0 Å². The second-order valence-electron chi connectivity index (χ2n) is 7.42. The molecule has 1 saturated heterocycles. The van der Waals surface area contributed by atoms with Crippen LogP contribution in [0.2, 0.25) is 0 Å². The number of aromatic nitrogens is 2. The van der Waals surface area contributed by atoms with Crippen molar-refractivity contribution in [3.8, 4) is 0 Å². The predicted molar refractivity (Wildman–Crippen MR) is 113 cm³/mol. The first kappa shape index (κ1) is 28.1. The fraction of sp³-hybridized carbons (Fsp3) is 0.529. The van der Waals surface area contributed by atoms with Crippen LogP contribution in [-0.4, -0.2) is 78.8 Å². The summed E-state index contributed by atoms with van der Waals surface area (Å²) in [6.45, 7) is 0. The Morgan fingerprint density at radius 2 is 1.60 bits per heavy atom. The molecule has 0 bridgehead atoms. The third-order valence-electron chi connectivity index (χ3n) is 5.35. The summed E-state index contributed by atoms with van der Waals surface area (Å²) in [4.78, 5) is 72.3. The van der Waals surface area contributed by atoms with Crippen molar-refractivity contribution >= 4 is 43.4 Å². The van der Waals surface area contributed by atoms with Crippen LogP contribution in [0.15, 0.2) is 21.9 Å². The second kappa shape index (κ2) is 11.1. The van der Waals surface area contributed by atoms with Crippen molar-refractivity contribution < 1.29 is 58.2 Å². The van der Waals surface area contributed by atoms with Gasteiger partial charge in [0.25, 0.3) is 5.56 Å². The molecule has 0 spiro atoms. The SMILES string of the molecule is COC1C(O[P+](=O)S)C(CC(C(=O)O)C(=O)O)(CC(C(=O)O)C(=O)O)O[C@H]1n1ccc(=O)[nH]c1=O. The lowest BCUT2D eigenvalue weighted by molar-refractivity contribution is -0.170. The van der Waals surface area contributed by atoms with Crippen molar-refractivity contribution in [2.24, 2.45) is 11.8 Å². The summed E-state index contributed by atoms with van der Waals surface area (Å²) >= 11 is 3.62. The van der Waals surface area contributed by atoms with E-state index in [9.17, 15) is 53.8 Å². The molecule has 1 aliphatic rings. The van der Waals surface area contributed by atoms with Gasteiger partial charge in [-0.3, -0.25) is 33.5 Å². The highest BCUT2D eigenvalue weighted by atomic mass is 32.7. The minimum absolute atomic E-state index is 0.742. The Kier molecular flexibility index (Phi) is 8.91. The highest BCUT2D eigenvalue weighted by molar-refractivity contribution is 8.39. The molecule has 5 N–H and O–H groups in total. The van der Waals surface area contributed by atoms with E-state index in [1.165, 1.54) is 0 Å². The van der Waals surface area contributed by atoms with Crippen molar-refractivity contribution in [3.63, 3.8) is 0 Å². The number of carbonyl (C=O) groups is 4. The zero-order chi connectivity index (χ0) is 26.7. The number of thiol groups is 1. The number of H-pyrrole nitrogens is 1. The summed E-state index contributed by atoms with van der Waals surface area (Å²) in [5.74, 6) is -12.1. The van der Waals surface area contributed by atoms with Gasteiger partial charge in [0, 0.05) is 32.2 Å². The summed E-state index contributed by atoms with van der Waals surface area (Å²) in [7, 11) is -1.80.